The fraction of sp³-hybridized carbons (Fsp3) is 0.188. The number of hydrogen-bond acceptors (Lipinski definition) is 3. The molecule has 0 fully saturated rings. The van der Waals surface area contributed by atoms with Crippen LogP contribution in [-0.4, -0.2) is 39.4 Å². The first-order valence-electron chi connectivity index (χ1n) is 7.05. The van der Waals surface area contributed by atoms with Crippen LogP contribution in [0.25, 0.3) is 22.6 Å². The molecule has 0 saturated heterocycles. The first-order chi connectivity index (χ1) is 11.4. The van der Waals surface area contributed by atoms with Gasteiger partial charge in [0.15, 0.2) is 5.65 Å². The van der Waals surface area contributed by atoms with Crippen LogP contribution in [0.15, 0.2) is 30.3 Å². The van der Waals surface area contributed by atoms with Crippen LogP contribution in [0.2, 0.25) is 15.2 Å². The summed E-state index contributed by atoms with van der Waals surface area (Å²) in [5.41, 5.74) is 1.89. The number of imidazole rings is 1. The third-order valence-electron chi connectivity index (χ3n) is 3.53. The van der Waals surface area contributed by atoms with Crippen molar-refractivity contribution in [2.24, 2.45) is 0 Å². The molecule has 0 aliphatic heterocycles. The van der Waals surface area contributed by atoms with Crippen LogP contribution in [0.5, 0.6) is 0 Å². The molecule has 0 unspecified atom stereocenters. The molecular weight excluding hydrogens is 371 g/mol. The van der Waals surface area contributed by atoms with Gasteiger partial charge >= 0.3 is 0 Å². The number of rotatable bonds is 3. The summed E-state index contributed by atoms with van der Waals surface area (Å²) in [6.45, 7) is 0.0897. The van der Waals surface area contributed by atoms with Crippen LogP contribution in [0.4, 0.5) is 0 Å². The summed E-state index contributed by atoms with van der Waals surface area (Å²) < 4.78 is 1.73. The minimum Gasteiger partial charge on any atom is -0.347 e. The fourth-order valence-electron chi connectivity index (χ4n) is 2.25. The Morgan fingerprint density at radius 2 is 1.79 bits per heavy atom. The molecule has 0 saturated carbocycles. The van der Waals surface area contributed by atoms with E-state index in [1.54, 1.807) is 36.9 Å². The summed E-state index contributed by atoms with van der Waals surface area (Å²) in [6.07, 6.45) is 0. The van der Waals surface area contributed by atoms with Crippen molar-refractivity contribution in [2.75, 3.05) is 14.1 Å². The number of aromatic nitrogens is 3. The van der Waals surface area contributed by atoms with Crippen LogP contribution in [0.3, 0.4) is 0 Å². The van der Waals surface area contributed by atoms with E-state index in [2.05, 4.69) is 9.97 Å². The maximum absolute atomic E-state index is 12.2. The lowest BCUT2D eigenvalue weighted by molar-refractivity contribution is -0.129. The highest BCUT2D eigenvalue weighted by molar-refractivity contribution is 6.41. The number of pyridine rings is 1. The predicted octanol–water partition coefficient (Wildman–Crippen LogP) is 4.15. The molecule has 124 valence electrons. The van der Waals surface area contributed by atoms with Gasteiger partial charge < -0.3 is 4.90 Å². The molecule has 8 heteroatoms. The summed E-state index contributed by atoms with van der Waals surface area (Å²) >= 11 is 18.0. The Morgan fingerprint density at radius 1 is 1.12 bits per heavy atom. The number of nitrogens with zero attached hydrogens (tertiary/aromatic N) is 4. The van der Waals surface area contributed by atoms with Gasteiger partial charge in [0.25, 0.3) is 0 Å². The van der Waals surface area contributed by atoms with Crippen molar-refractivity contribution in [3.63, 3.8) is 0 Å². The molecule has 0 spiro atoms. The Labute approximate surface area is 153 Å². The summed E-state index contributed by atoms with van der Waals surface area (Å²) in [6, 6.07) is 8.85. The van der Waals surface area contributed by atoms with Crippen LogP contribution < -0.4 is 0 Å². The first kappa shape index (κ1) is 17.0. The third kappa shape index (κ3) is 3.20. The number of benzene rings is 1. The molecule has 0 radical (unpaired) electrons. The topological polar surface area (TPSA) is 51.0 Å². The van der Waals surface area contributed by atoms with E-state index in [4.69, 9.17) is 34.8 Å². The number of carbonyl (C=O) groups is 1. The van der Waals surface area contributed by atoms with Gasteiger partial charge in [-0.3, -0.25) is 9.36 Å². The second-order valence-electron chi connectivity index (χ2n) is 5.42. The molecule has 1 amide bonds. The van der Waals surface area contributed by atoms with E-state index in [0.29, 0.717) is 27.0 Å². The molecule has 2 aromatic heterocycles. The zero-order valence-corrected chi connectivity index (χ0v) is 15.2. The average Bonchev–Trinajstić information content (AvgIpc) is 2.86. The van der Waals surface area contributed by atoms with Gasteiger partial charge in [-0.15, -0.1) is 0 Å². The number of amides is 1. The number of carbonyl (C=O) groups excluding carboxylic acids is 1. The van der Waals surface area contributed by atoms with Gasteiger partial charge in [0, 0.05) is 24.7 Å². The minimum atomic E-state index is -0.0858. The Morgan fingerprint density at radius 3 is 2.42 bits per heavy atom. The largest absolute Gasteiger partial charge is 0.347 e. The summed E-state index contributed by atoms with van der Waals surface area (Å²) in [4.78, 5) is 22.6. The lowest BCUT2D eigenvalue weighted by atomic mass is 10.2. The molecule has 0 aliphatic carbocycles. The highest BCUT2D eigenvalue weighted by atomic mass is 35.5. The maximum Gasteiger partial charge on any atom is 0.242 e. The Bertz CT molecular complexity index is 919. The summed E-state index contributed by atoms with van der Waals surface area (Å²) in [7, 11) is 3.39. The van der Waals surface area contributed by atoms with Crippen molar-refractivity contribution < 1.29 is 4.79 Å². The molecule has 3 rings (SSSR count). The van der Waals surface area contributed by atoms with Gasteiger partial charge in [-0.05, 0) is 30.3 Å². The molecule has 0 atom stereocenters. The van der Waals surface area contributed by atoms with Gasteiger partial charge in [-0.25, -0.2) is 9.97 Å². The normalized spacial score (nSPS) is 11.0. The predicted molar refractivity (Wildman–Crippen MR) is 96.7 cm³/mol. The van der Waals surface area contributed by atoms with Crippen molar-refractivity contribution in [1.29, 1.82) is 0 Å². The van der Waals surface area contributed by atoms with E-state index in [0.717, 1.165) is 5.56 Å². The summed E-state index contributed by atoms with van der Waals surface area (Å²) in [5, 5.41) is 1.11. The molecule has 5 nitrogen and oxygen atoms in total. The van der Waals surface area contributed by atoms with E-state index in [1.165, 1.54) is 4.90 Å². The van der Waals surface area contributed by atoms with Gasteiger partial charge in [0.05, 0.1) is 5.02 Å². The molecule has 0 bridgehead atoms. The van der Waals surface area contributed by atoms with Gasteiger partial charge in [-0.2, -0.15) is 0 Å². The quantitative estimate of drug-likeness (QED) is 0.639. The zero-order valence-electron chi connectivity index (χ0n) is 12.9. The molecule has 1 aromatic carbocycles. The SMILES string of the molecule is CN(C)C(=O)Cn1c(-c2ccc(Cl)cc2)nc2cc(Cl)c(Cl)nc21. The van der Waals surface area contributed by atoms with Crippen LogP contribution in [0, 0.1) is 0 Å². The average molecular weight is 384 g/mol. The maximum atomic E-state index is 12.2. The second-order valence-corrected chi connectivity index (χ2v) is 6.62. The van der Waals surface area contributed by atoms with E-state index >= 15 is 0 Å². The molecule has 0 aliphatic rings. The fourth-order valence-corrected chi connectivity index (χ4v) is 2.66. The highest BCUT2D eigenvalue weighted by Crippen LogP contribution is 2.29. The lowest BCUT2D eigenvalue weighted by Gasteiger charge is -2.13. The molecular formula is C16H13Cl3N4O. The van der Waals surface area contributed by atoms with Crippen molar-refractivity contribution in [3.05, 3.63) is 45.5 Å². The molecule has 0 N–H and O–H groups in total. The van der Waals surface area contributed by atoms with Crippen molar-refractivity contribution in [3.8, 4) is 11.4 Å². The van der Waals surface area contributed by atoms with E-state index in [-0.39, 0.29) is 17.6 Å². The number of halogens is 3. The van der Waals surface area contributed by atoms with Crippen molar-refractivity contribution >= 4 is 51.9 Å². The van der Waals surface area contributed by atoms with Gasteiger partial charge in [0.1, 0.15) is 23.0 Å². The minimum absolute atomic E-state index is 0.0858. The molecule has 2 heterocycles. The Balaban J connectivity index is 2.22. The van der Waals surface area contributed by atoms with E-state index in [9.17, 15) is 4.79 Å². The summed E-state index contributed by atoms with van der Waals surface area (Å²) in [5.74, 6) is 0.514. The smallest absolute Gasteiger partial charge is 0.242 e. The second kappa shape index (κ2) is 6.59. The molecule has 3 aromatic rings. The monoisotopic (exact) mass is 382 g/mol. The number of fused-ring (bicyclic) bond motifs is 1. The van der Waals surface area contributed by atoms with Crippen molar-refractivity contribution in [1.82, 2.24) is 19.4 Å². The van der Waals surface area contributed by atoms with Crippen molar-refractivity contribution in [2.45, 2.75) is 6.54 Å². The Hall–Kier alpha value is -1.82. The van der Waals surface area contributed by atoms with Crippen LogP contribution >= 0.6 is 34.8 Å². The lowest BCUT2D eigenvalue weighted by Crippen LogP contribution is -2.26. The number of hydrogen-bond donors (Lipinski definition) is 0. The van der Waals surface area contributed by atoms with Crippen LogP contribution in [-0.2, 0) is 11.3 Å². The van der Waals surface area contributed by atoms with Gasteiger partial charge in [-0.1, -0.05) is 34.8 Å². The van der Waals surface area contributed by atoms with E-state index in [1.807, 2.05) is 12.1 Å². The highest BCUT2D eigenvalue weighted by Gasteiger charge is 2.18. The Kier molecular flexibility index (Phi) is 4.67. The zero-order chi connectivity index (χ0) is 17.4. The number of likely N-dealkylation sites (N-methyl/N-ethyl adjacent to an activating group) is 1. The first-order valence-corrected chi connectivity index (χ1v) is 8.18. The van der Waals surface area contributed by atoms with E-state index < -0.39 is 0 Å². The molecule has 24 heavy (non-hydrogen) atoms. The standard InChI is InChI=1S/C16H13Cl3N4O/c1-22(2)13(24)8-23-15(9-3-5-10(17)6-4-9)20-12-7-11(18)14(19)21-16(12)23/h3-7H,8H2,1-2H3. The van der Waals surface area contributed by atoms with Crippen LogP contribution in [0.1, 0.15) is 0 Å². The third-order valence-corrected chi connectivity index (χ3v) is 4.45. The van der Waals surface area contributed by atoms with Gasteiger partial charge in [0.2, 0.25) is 5.91 Å².